The quantitative estimate of drug-likeness (QED) is 0.862. The van der Waals surface area contributed by atoms with Gasteiger partial charge in [-0.25, -0.2) is 4.39 Å². The van der Waals surface area contributed by atoms with E-state index < -0.39 is 11.8 Å². The first kappa shape index (κ1) is 12.5. The fourth-order valence-electron chi connectivity index (χ4n) is 1.91. The molecule has 1 saturated carbocycles. The molecule has 1 fully saturated rings. The molecule has 94 valence electrons. The lowest BCUT2D eigenvalue weighted by Crippen LogP contribution is -2.31. The van der Waals surface area contributed by atoms with Crippen LogP contribution in [0.4, 0.5) is 4.39 Å². The Bertz CT molecular complexity index is 506. The minimum atomic E-state index is -0.918. The summed E-state index contributed by atoms with van der Waals surface area (Å²) < 4.78 is 13.6. The Labute approximate surface area is 104 Å². The van der Waals surface area contributed by atoms with Crippen molar-refractivity contribution in [2.75, 3.05) is 6.54 Å². The highest BCUT2D eigenvalue weighted by molar-refractivity contribution is 5.69. The first-order valence-corrected chi connectivity index (χ1v) is 5.74. The number of carboxylic acid groups (broad SMARTS) is 1. The van der Waals surface area contributed by atoms with Crippen LogP contribution in [0.3, 0.4) is 0 Å². The predicted molar refractivity (Wildman–Crippen MR) is 62.2 cm³/mol. The number of nitriles is 1. The summed E-state index contributed by atoms with van der Waals surface area (Å²) in [5.74, 6) is -1.32. The van der Waals surface area contributed by atoms with Gasteiger partial charge in [0.2, 0.25) is 0 Å². The first-order chi connectivity index (χ1) is 8.60. The minimum Gasteiger partial charge on any atom is -0.480 e. The molecule has 0 unspecified atom stereocenters. The third kappa shape index (κ3) is 3.05. The molecular weight excluding hydrogens is 235 g/mol. The zero-order valence-corrected chi connectivity index (χ0v) is 9.77. The number of hydrogen-bond donors (Lipinski definition) is 1. The molecule has 1 aromatic carbocycles. The maximum atomic E-state index is 13.6. The normalized spacial score (nSPS) is 14.5. The largest absolute Gasteiger partial charge is 0.480 e. The number of nitrogens with zero attached hydrogens (tertiary/aromatic N) is 2. The smallest absolute Gasteiger partial charge is 0.317 e. The Morgan fingerprint density at radius 3 is 2.83 bits per heavy atom. The number of halogens is 1. The molecule has 0 amide bonds. The highest BCUT2D eigenvalue weighted by atomic mass is 19.1. The molecule has 0 spiro atoms. The minimum absolute atomic E-state index is 0.0963. The maximum absolute atomic E-state index is 13.6. The van der Waals surface area contributed by atoms with Crippen LogP contribution in [0.25, 0.3) is 0 Å². The average Bonchev–Trinajstić information content (AvgIpc) is 3.14. The van der Waals surface area contributed by atoms with Gasteiger partial charge in [-0.15, -0.1) is 0 Å². The summed E-state index contributed by atoms with van der Waals surface area (Å²) in [6.45, 7) is 0.138. The van der Waals surface area contributed by atoms with Crippen LogP contribution >= 0.6 is 0 Å². The van der Waals surface area contributed by atoms with Gasteiger partial charge in [0.05, 0.1) is 18.2 Å². The average molecular weight is 248 g/mol. The SMILES string of the molecule is N#Cc1ccc(F)c(CN(CC(=O)O)C2CC2)c1. The van der Waals surface area contributed by atoms with E-state index in [4.69, 9.17) is 10.4 Å². The third-order valence-corrected chi connectivity index (χ3v) is 2.95. The van der Waals surface area contributed by atoms with Crippen molar-refractivity contribution in [2.24, 2.45) is 0 Å². The van der Waals surface area contributed by atoms with Gasteiger partial charge < -0.3 is 5.11 Å². The zero-order chi connectivity index (χ0) is 13.1. The summed E-state index contributed by atoms with van der Waals surface area (Å²) in [6.07, 6.45) is 1.90. The summed E-state index contributed by atoms with van der Waals surface area (Å²) in [6, 6.07) is 6.32. The molecule has 0 atom stereocenters. The van der Waals surface area contributed by atoms with E-state index in [2.05, 4.69) is 0 Å². The topological polar surface area (TPSA) is 64.3 Å². The van der Waals surface area contributed by atoms with Gasteiger partial charge in [0.1, 0.15) is 5.82 Å². The van der Waals surface area contributed by atoms with E-state index in [1.807, 2.05) is 6.07 Å². The van der Waals surface area contributed by atoms with Gasteiger partial charge in [-0.1, -0.05) is 0 Å². The molecular formula is C13H13FN2O2. The molecule has 0 saturated heterocycles. The molecule has 0 bridgehead atoms. The molecule has 2 rings (SSSR count). The van der Waals surface area contributed by atoms with E-state index in [1.54, 1.807) is 4.90 Å². The molecule has 1 N–H and O–H groups in total. The fraction of sp³-hybridized carbons (Fsp3) is 0.385. The summed E-state index contributed by atoms with van der Waals surface area (Å²) in [4.78, 5) is 12.5. The lowest BCUT2D eigenvalue weighted by molar-refractivity contribution is -0.138. The molecule has 1 aliphatic carbocycles. The van der Waals surface area contributed by atoms with E-state index in [0.29, 0.717) is 11.1 Å². The van der Waals surface area contributed by atoms with E-state index in [-0.39, 0.29) is 19.1 Å². The van der Waals surface area contributed by atoms with Gasteiger partial charge in [0.15, 0.2) is 0 Å². The summed E-state index contributed by atoms with van der Waals surface area (Å²) >= 11 is 0. The van der Waals surface area contributed by atoms with Crippen LogP contribution in [0.1, 0.15) is 24.0 Å². The van der Waals surface area contributed by atoms with E-state index in [9.17, 15) is 9.18 Å². The standard InChI is InChI=1S/C13H13FN2O2/c14-12-4-1-9(6-15)5-10(12)7-16(8-13(17)18)11-2-3-11/h1,4-5,11H,2-3,7-8H2,(H,17,18). The van der Waals surface area contributed by atoms with Crippen molar-refractivity contribution >= 4 is 5.97 Å². The highest BCUT2D eigenvalue weighted by Crippen LogP contribution is 2.28. The Morgan fingerprint density at radius 1 is 1.56 bits per heavy atom. The van der Waals surface area contributed by atoms with Crippen LogP contribution in [0.2, 0.25) is 0 Å². The van der Waals surface area contributed by atoms with Gasteiger partial charge in [-0.05, 0) is 31.0 Å². The molecule has 1 aromatic rings. The third-order valence-electron chi connectivity index (χ3n) is 2.95. The molecule has 0 heterocycles. The molecule has 4 nitrogen and oxygen atoms in total. The Kier molecular flexibility index (Phi) is 3.58. The molecule has 5 heteroatoms. The van der Waals surface area contributed by atoms with Crippen LogP contribution in [-0.2, 0) is 11.3 Å². The second-order valence-electron chi connectivity index (χ2n) is 4.45. The Balaban J connectivity index is 2.15. The van der Waals surface area contributed by atoms with Crippen molar-refractivity contribution in [3.05, 3.63) is 35.1 Å². The van der Waals surface area contributed by atoms with Gasteiger partial charge in [-0.3, -0.25) is 9.69 Å². The summed E-state index contributed by atoms with van der Waals surface area (Å²) in [5, 5.41) is 17.6. The zero-order valence-electron chi connectivity index (χ0n) is 9.77. The molecule has 0 aliphatic heterocycles. The number of carbonyl (C=O) groups is 1. The van der Waals surface area contributed by atoms with E-state index in [0.717, 1.165) is 12.8 Å². The van der Waals surface area contributed by atoms with Gasteiger partial charge in [0, 0.05) is 18.2 Å². The van der Waals surface area contributed by atoms with E-state index >= 15 is 0 Å². The number of benzene rings is 1. The van der Waals surface area contributed by atoms with Crippen molar-refractivity contribution in [2.45, 2.75) is 25.4 Å². The number of rotatable bonds is 5. The van der Waals surface area contributed by atoms with Crippen LogP contribution in [0.15, 0.2) is 18.2 Å². The van der Waals surface area contributed by atoms with Gasteiger partial charge in [0.25, 0.3) is 0 Å². The highest BCUT2D eigenvalue weighted by Gasteiger charge is 2.30. The Hall–Kier alpha value is -1.93. The van der Waals surface area contributed by atoms with Gasteiger partial charge >= 0.3 is 5.97 Å². The van der Waals surface area contributed by atoms with Crippen LogP contribution in [0, 0.1) is 17.1 Å². The fourth-order valence-corrected chi connectivity index (χ4v) is 1.91. The predicted octanol–water partition coefficient (Wildman–Crippen LogP) is 1.75. The van der Waals surface area contributed by atoms with E-state index in [1.165, 1.54) is 18.2 Å². The van der Waals surface area contributed by atoms with Crippen molar-refractivity contribution < 1.29 is 14.3 Å². The molecule has 0 radical (unpaired) electrons. The monoisotopic (exact) mass is 248 g/mol. The van der Waals surface area contributed by atoms with Gasteiger partial charge in [-0.2, -0.15) is 5.26 Å². The second kappa shape index (κ2) is 5.15. The number of carboxylic acids is 1. The van der Waals surface area contributed by atoms with Crippen LogP contribution in [-0.4, -0.2) is 28.6 Å². The summed E-state index contributed by atoms with van der Waals surface area (Å²) in [5.41, 5.74) is 0.764. The van der Waals surface area contributed by atoms with Crippen molar-refractivity contribution in [1.29, 1.82) is 5.26 Å². The van der Waals surface area contributed by atoms with Crippen molar-refractivity contribution in [3.8, 4) is 6.07 Å². The number of hydrogen-bond acceptors (Lipinski definition) is 3. The Morgan fingerprint density at radius 2 is 2.28 bits per heavy atom. The molecule has 18 heavy (non-hydrogen) atoms. The molecule has 1 aliphatic rings. The molecule has 0 aromatic heterocycles. The maximum Gasteiger partial charge on any atom is 0.317 e. The van der Waals surface area contributed by atoms with Crippen LogP contribution < -0.4 is 0 Å². The lowest BCUT2D eigenvalue weighted by atomic mass is 10.1. The van der Waals surface area contributed by atoms with Crippen molar-refractivity contribution in [1.82, 2.24) is 4.90 Å². The van der Waals surface area contributed by atoms with Crippen LogP contribution in [0.5, 0.6) is 0 Å². The summed E-state index contributed by atoms with van der Waals surface area (Å²) in [7, 11) is 0. The number of aliphatic carboxylic acids is 1. The first-order valence-electron chi connectivity index (χ1n) is 5.74. The van der Waals surface area contributed by atoms with Crippen molar-refractivity contribution in [3.63, 3.8) is 0 Å². The second-order valence-corrected chi connectivity index (χ2v) is 4.45. The lowest BCUT2D eigenvalue weighted by Gasteiger charge is -2.20.